The van der Waals surface area contributed by atoms with Gasteiger partial charge in [-0.2, -0.15) is 0 Å². The van der Waals surface area contributed by atoms with Crippen LogP contribution in [-0.4, -0.2) is 47.1 Å². The predicted molar refractivity (Wildman–Crippen MR) is 170 cm³/mol. The molecule has 0 amide bonds. The van der Waals surface area contributed by atoms with E-state index in [2.05, 4.69) is 0 Å². The van der Waals surface area contributed by atoms with Crippen LogP contribution in [0.25, 0.3) is 0 Å². The summed E-state index contributed by atoms with van der Waals surface area (Å²) in [6.45, 7) is 34.2. The fourth-order valence-corrected chi connectivity index (χ4v) is 1.69. The summed E-state index contributed by atoms with van der Waals surface area (Å²) in [4.78, 5) is 28.8. The van der Waals surface area contributed by atoms with E-state index >= 15 is 0 Å². The second-order valence-corrected chi connectivity index (χ2v) is 16.2. The van der Waals surface area contributed by atoms with E-state index in [9.17, 15) is 29.7 Å². The zero-order valence-corrected chi connectivity index (χ0v) is 31.8. The third kappa shape index (κ3) is 21.5. The first-order valence-electron chi connectivity index (χ1n) is 13.6. The SMILES string of the molecule is CC(C)(C)C(=[OH+])C=C(O)C(C)(C)C.CC(C)(C)C(=[OH+])C=C(O)C(C)(C)C.CC(C)(C)C(=[OH+])C=C(O)C(C)(C)C.[Y]. The molecular formula is C33H63O6Y+3. The summed E-state index contributed by atoms with van der Waals surface area (Å²) >= 11 is 0. The number of ketones is 3. The van der Waals surface area contributed by atoms with Crippen molar-refractivity contribution < 1.29 is 62.4 Å². The van der Waals surface area contributed by atoms with Crippen molar-refractivity contribution in [1.29, 1.82) is 0 Å². The molecule has 0 aliphatic rings. The minimum Gasteiger partial charge on any atom is -0.511 e. The van der Waals surface area contributed by atoms with Gasteiger partial charge in [0.15, 0.2) is 0 Å². The Kier molecular flexibility index (Phi) is 18.7. The van der Waals surface area contributed by atoms with E-state index in [0.717, 1.165) is 0 Å². The van der Waals surface area contributed by atoms with Crippen molar-refractivity contribution in [1.82, 2.24) is 0 Å². The van der Waals surface area contributed by atoms with Gasteiger partial charge in [0.1, 0.15) is 17.3 Å². The van der Waals surface area contributed by atoms with Crippen LogP contribution >= 0.6 is 0 Å². The van der Waals surface area contributed by atoms with Gasteiger partial charge in [-0.3, -0.25) is 14.4 Å². The molecule has 1 radical (unpaired) electrons. The maximum atomic E-state index is 9.60. The maximum Gasteiger partial charge on any atom is 0.325 e. The zero-order valence-electron chi connectivity index (χ0n) is 29.0. The maximum absolute atomic E-state index is 9.60. The topological polar surface area (TPSA) is 125 Å². The molecule has 40 heavy (non-hydrogen) atoms. The Balaban J connectivity index is -0.000000240. The predicted octanol–water partition coefficient (Wildman–Crippen LogP) is 9.19. The minimum atomic E-state index is -0.306. The molecule has 6 nitrogen and oxygen atoms in total. The Hall–Kier alpha value is -1.27. The molecule has 7 heteroatoms. The quantitative estimate of drug-likeness (QED) is 0.161. The molecule has 0 atom stereocenters. The van der Waals surface area contributed by atoms with Crippen molar-refractivity contribution in [2.45, 2.75) is 125 Å². The monoisotopic (exact) mass is 644 g/mol. The van der Waals surface area contributed by atoms with Crippen molar-refractivity contribution in [3.8, 4) is 0 Å². The number of aliphatic hydroxyl groups excluding tert-OH is 3. The van der Waals surface area contributed by atoms with Gasteiger partial charge in [-0.15, -0.1) is 0 Å². The van der Waals surface area contributed by atoms with Crippen LogP contribution in [0.2, 0.25) is 0 Å². The van der Waals surface area contributed by atoms with Crippen LogP contribution in [0.5, 0.6) is 0 Å². The van der Waals surface area contributed by atoms with Gasteiger partial charge in [0.2, 0.25) is 0 Å². The van der Waals surface area contributed by atoms with E-state index in [1.54, 1.807) is 0 Å². The number of hydrogen-bond donors (Lipinski definition) is 3. The zero-order chi connectivity index (χ0) is 32.6. The third-order valence-corrected chi connectivity index (χ3v) is 5.43. The van der Waals surface area contributed by atoms with Gasteiger partial charge < -0.3 is 15.3 Å². The summed E-state index contributed by atoms with van der Waals surface area (Å²) in [5, 5.41) is 28.8. The van der Waals surface area contributed by atoms with Crippen LogP contribution in [0, 0.1) is 32.5 Å². The van der Waals surface area contributed by atoms with Gasteiger partial charge in [-0.1, -0.05) is 62.3 Å². The van der Waals surface area contributed by atoms with Crippen LogP contribution in [-0.2, 0) is 32.7 Å². The molecular weight excluding hydrogens is 581 g/mol. The largest absolute Gasteiger partial charge is 0.511 e. The summed E-state index contributed by atoms with van der Waals surface area (Å²) in [6.07, 6.45) is 4.33. The van der Waals surface area contributed by atoms with Crippen LogP contribution in [0.4, 0.5) is 0 Å². The van der Waals surface area contributed by atoms with Gasteiger partial charge >= 0.3 is 17.3 Å². The first kappa shape index (κ1) is 45.7. The van der Waals surface area contributed by atoms with Crippen molar-refractivity contribution in [2.24, 2.45) is 32.5 Å². The first-order valence-corrected chi connectivity index (χ1v) is 13.6. The fourth-order valence-electron chi connectivity index (χ4n) is 1.69. The summed E-state index contributed by atoms with van der Waals surface area (Å²) in [5.41, 5.74) is -1.84. The Bertz CT molecular complexity index is 801. The van der Waals surface area contributed by atoms with Crippen molar-refractivity contribution in [3.63, 3.8) is 0 Å². The van der Waals surface area contributed by atoms with Gasteiger partial charge in [0.25, 0.3) is 0 Å². The second kappa shape index (κ2) is 16.4. The van der Waals surface area contributed by atoms with Gasteiger partial charge in [0, 0.05) is 49.0 Å². The molecule has 0 rings (SSSR count). The van der Waals surface area contributed by atoms with Gasteiger partial charge in [-0.25, -0.2) is 0 Å². The molecule has 231 valence electrons. The molecule has 0 fully saturated rings. The van der Waals surface area contributed by atoms with E-state index in [1.165, 1.54) is 18.2 Å². The number of rotatable bonds is 3. The van der Waals surface area contributed by atoms with Crippen LogP contribution < -0.4 is 0 Å². The van der Waals surface area contributed by atoms with E-state index < -0.39 is 0 Å². The molecule has 0 aliphatic heterocycles. The summed E-state index contributed by atoms with van der Waals surface area (Å²) in [6, 6.07) is 0. The molecule has 0 spiro atoms. The average Bonchev–Trinajstić information content (AvgIpc) is 2.64. The van der Waals surface area contributed by atoms with Gasteiger partial charge in [-0.05, 0) is 62.3 Å². The Morgan fingerprint density at radius 3 is 0.550 bits per heavy atom. The Morgan fingerprint density at radius 1 is 0.350 bits per heavy atom. The number of carbonyl (C=O) groups excluding carboxylic acids is 3. The van der Waals surface area contributed by atoms with Crippen LogP contribution in [0.15, 0.2) is 35.5 Å². The van der Waals surface area contributed by atoms with Crippen molar-refractivity contribution >= 4 is 17.3 Å². The van der Waals surface area contributed by atoms with Gasteiger partial charge in [0.05, 0.1) is 34.5 Å². The normalized spacial score (nSPS) is 14.1. The average molecular weight is 645 g/mol. The Labute approximate surface area is 271 Å². The molecule has 0 saturated carbocycles. The Morgan fingerprint density at radius 2 is 0.475 bits per heavy atom. The molecule has 0 saturated heterocycles. The molecule has 0 bridgehead atoms. The van der Waals surface area contributed by atoms with E-state index in [4.69, 9.17) is 0 Å². The molecule has 0 aromatic carbocycles. The molecule has 0 aromatic heterocycles. The summed E-state index contributed by atoms with van der Waals surface area (Å²) in [5.74, 6) is 1.25. The molecule has 0 unspecified atom stereocenters. The molecule has 0 aliphatic carbocycles. The molecule has 0 aromatic rings. The second-order valence-electron chi connectivity index (χ2n) is 16.2. The molecule has 6 N–H and O–H groups in total. The van der Waals surface area contributed by atoms with Crippen LogP contribution in [0.1, 0.15) is 125 Å². The summed E-state index contributed by atoms with van der Waals surface area (Å²) < 4.78 is 0. The minimum absolute atomic E-state index is 0. The smallest absolute Gasteiger partial charge is 0.325 e. The standard InChI is InChI=1S/3C11H20O2.Y/c3*1-10(2,3)8(12)7-9(13)11(4,5)6;/h3*7,12H,1-6H3;/p+3. The number of aliphatic hydroxyl groups is 3. The van der Waals surface area contributed by atoms with E-state index in [1.807, 2.05) is 125 Å². The van der Waals surface area contributed by atoms with E-state index in [0.29, 0.717) is 0 Å². The fraction of sp³-hybridized carbons (Fsp3) is 0.727. The summed E-state index contributed by atoms with van der Waals surface area (Å²) in [7, 11) is 0. The van der Waals surface area contributed by atoms with Crippen molar-refractivity contribution in [2.75, 3.05) is 0 Å². The van der Waals surface area contributed by atoms with E-state index in [-0.39, 0.29) is 99.8 Å². The third-order valence-electron chi connectivity index (χ3n) is 5.43. The first-order chi connectivity index (χ1) is 16.6. The van der Waals surface area contributed by atoms with Crippen molar-refractivity contribution in [3.05, 3.63) is 35.5 Å². The number of allylic oxidation sites excluding steroid dienone is 6. The molecule has 0 heterocycles. The number of hydrogen-bond acceptors (Lipinski definition) is 3. The van der Waals surface area contributed by atoms with Crippen LogP contribution in [0.3, 0.4) is 0 Å².